The van der Waals surface area contributed by atoms with Crippen molar-refractivity contribution < 1.29 is 28.6 Å². The van der Waals surface area contributed by atoms with Crippen LogP contribution in [0.5, 0.6) is 0 Å². The molecule has 0 heterocycles. The summed E-state index contributed by atoms with van der Waals surface area (Å²) < 4.78 is 16.9. The van der Waals surface area contributed by atoms with Crippen molar-refractivity contribution in [2.24, 2.45) is 11.8 Å². The van der Waals surface area contributed by atoms with Gasteiger partial charge in [-0.1, -0.05) is 291 Å². The van der Waals surface area contributed by atoms with Gasteiger partial charge in [0.2, 0.25) is 0 Å². The lowest BCUT2D eigenvalue weighted by Gasteiger charge is -2.18. The lowest BCUT2D eigenvalue weighted by Crippen LogP contribution is -2.30. The molecule has 0 unspecified atom stereocenters. The predicted octanol–water partition coefficient (Wildman–Crippen LogP) is 19.3. The van der Waals surface area contributed by atoms with Crippen molar-refractivity contribution in [3.8, 4) is 0 Å². The molecular formula is C59H114O6. The van der Waals surface area contributed by atoms with E-state index in [1.54, 1.807) is 0 Å². The monoisotopic (exact) mass is 919 g/mol. The van der Waals surface area contributed by atoms with Crippen LogP contribution in [0.25, 0.3) is 0 Å². The van der Waals surface area contributed by atoms with E-state index in [0.717, 1.165) is 69.6 Å². The predicted molar refractivity (Wildman–Crippen MR) is 280 cm³/mol. The summed E-state index contributed by atoms with van der Waals surface area (Å²) in [6, 6.07) is 0. The SMILES string of the molecule is CCCCCCCCCCCCCCC(=O)O[C@@H](COC(=O)CCCCCCCCCCCCCCCCCC(C)C)COC(=O)CCCCCCCCCCCCCCCCC(C)C. The molecule has 0 aliphatic rings. The molecule has 0 saturated heterocycles. The second-order valence-corrected chi connectivity index (χ2v) is 21.2. The van der Waals surface area contributed by atoms with Crippen LogP contribution >= 0.6 is 0 Å². The first-order chi connectivity index (χ1) is 31.7. The van der Waals surface area contributed by atoms with Gasteiger partial charge in [0.05, 0.1) is 0 Å². The van der Waals surface area contributed by atoms with Crippen LogP contribution in [-0.4, -0.2) is 37.2 Å². The molecule has 0 spiro atoms. The minimum Gasteiger partial charge on any atom is -0.462 e. The molecular weight excluding hydrogens is 805 g/mol. The molecule has 6 heteroatoms. The number of ether oxygens (including phenoxy) is 3. The van der Waals surface area contributed by atoms with Crippen molar-refractivity contribution in [3.63, 3.8) is 0 Å². The van der Waals surface area contributed by atoms with Crippen LogP contribution in [-0.2, 0) is 28.6 Å². The summed E-state index contributed by atoms with van der Waals surface area (Å²) in [5.74, 6) is 0.856. The Bertz CT molecular complexity index is 993. The van der Waals surface area contributed by atoms with Gasteiger partial charge in [-0.05, 0) is 31.1 Å². The first-order valence-corrected chi connectivity index (χ1v) is 29.2. The zero-order valence-corrected chi connectivity index (χ0v) is 44.6. The number of rotatable bonds is 53. The van der Waals surface area contributed by atoms with Crippen molar-refractivity contribution in [1.29, 1.82) is 0 Å². The van der Waals surface area contributed by atoms with Gasteiger partial charge in [-0.3, -0.25) is 14.4 Å². The average molecular weight is 920 g/mol. The maximum atomic E-state index is 12.8. The van der Waals surface area contributed by atoms with E-state index in [-0.39, 0.29) is 31.1 Å². The van der Waals surface area contributed by atoms with Gasteiger partial charge in [-0.25, -0.2) is 0 Å². The summed E-state index contributed by atoms with van der Waals surface area (Å²) in [5, 5.41) is 0. The molecule has 0 rings (SSSR count). The summed E-state index contributed by atoms with van der Waals surface area (Å²) in [6.45, 7) is 11.4. The molecule has 386 valence electrons. The number of hydrogen-bond acceptors (Lipinski definition) is 6. The average Bonchev–Trinajstić information content (AvgIpc) is 3.28. The van der Waals surface area contributed by atoms with Gasteiger partial charge in [0, 0.05) is 19.3 Å². The maximum Gasteiger partial charge on any atom is 0.306 e. The zero-order valence-electron chi connectivity index (χ0n) is 44.6. The third kappa shape index (κ3) is 53.2. The smallest absolute Gasteiger partial charge is 0.306 e. The molecule has 65 heavy (non-hydrogen) atoms. The molecule has 0 saturated carbocycles. The summed E-state index contributed by atoms with van der Waals surface area (Å²) in [4.78, 5) is 38.1. The van der Waals surface area contributed by atoms with Gasteiger partial charge in [-0.15, -0.1) is 0 Å². The van der Waals surface area contributed by atoms with Crippen LogP contribution < -0.4 is 0 Å². The summed E-state index contributed by atoms with van der Waals surface area (Å²) in [5.41, 5.74) is 0. The van der Waals surface area contributed by atoms with E-state index in [9.17, 15) is 14.4 Å². The molecule has 0 bridgehead atoms. The summed E-state index contributed by atoms with van der Waals surface area (Å²) in [7, 11) is 0. The Kier molecular flexibility index (Phi) is 50.5. The molecule has 0 aliphatic heterocycles. The van der Waals surface area contributed by atoms with Crippen molar-refractivity contribution in [2.75, 3.05) is 13.2 Å². The van der Waals surface area contributed by atoms with Crippen molar-refractivity contribution in [3.05, 3.63) is 0 Å². The second kappa shape index (κ2) is 51.8. The van der Waals surface area contributed by atoms with Crippen LogP contribution in [0, 0.1) is 11.8 Å². The van der Waals surface area contributed by atoms with Gasteiger partial charge in [-0.2, -0.15) is 0 Å². The molecule has 0 aliphatic carbocycles. The lowest BCUT2D eigenvalue weighted by molar-refractivity contribution is -0.167. The van der Waals surface area contributed by atoms with E-state index in [4.69, 9.17) is 14.2 Å². The quantitative estimate of drug-likeness (QED) is 0.0344. The van der Waals surface area contributed by atoms with Crippen LogP contribution in [0.1, 0.15) is 330 Å². The summed E-state index contributed by atoms with van der Waals surface area (Å²) in [6.07, 6.45) is 55.2. The van der Waals surface area contributed by atoms with Crippen LogP contribution in [0.15, 0.2) is 0 Å². The highest BCUT2D eigenvalue weighted by atomic mass is 16.6. The Morgan fingerprint density at radius 3 is 0.754 bits per heavy atom. The molecule has 0 amide bonds. The van der Waals surface area contributed by atoms with E-state index < -0.39 is 6.10 Å². The number of carbonyl (C=O) groups is 3. The third-order valence-corrected chi connectivity index (χ3v) is 13.5. The van der Waals surface area contributed by atoms with Crippen LogP contribution in [0.4, 0.5) is 0 Å². The van der Waals surface area contributed by atoms with Crippen molar-refractivity contribution in [1.82, 2.24) is 0 Å². The minimum absolute atomic E-state index is 0.0625. The molecule has 6 nitrogen and oxygen atoms in total. The molecule has 0 aromatic heterocycles. The molecule has 0 N–H and O–H groups in total. The molecule has 0 fully saturated rings. The van der Waals surface area contributed by atoms with Gasteiger partial charge in [0.25, 0.3) is 0 Å². The van der Waals surface area contributed by atoms with Crippen molar-refractivity contribution in [2.45, 2.75) is 336 Å². The molecule has 1 atom stereocenters. The number of unbranched alkanes of at least 4 members (excludes halogenated alkanes) is 38. The van der Waals surface area contributed by atoms with Gasteiger partial charge in [0.1, 0.15) is 13.2 Å². The lowest BCUT2D eigenvalue weighted by atomic mass is 10.0. The summed E-state index contributed by atoms with van der Waals surface area (Å²) >= 11 is 0. The number of carbonyl (C=O) groups excluding carboxylic acids is 3. The van der Waals surface area contributed by atoms with Gasteiger partial charge >= 0.3 is 17.9 Å². The van der Waals surface area contributed by atoms with E-state index >= 15 is 0 Å². The standard InChI is InChI=1S/C59H114O6/c1-6-7-8-9-10-11-12-24-31-36-41-46-51-59(62)65-56(53-64-58(61)50-45-40-35-30-26-21-17-16-19-23-28-33-38-43-48-55(4)5)52-63-57(60)49-44-39-34-29-25-20-15-13-14-18-22-27-32-37-42-47-54(2)3/h54-56H,6-53H2,1-5H3/t56-/m0/s1. The Balaban J connectivity index is 4.26. The van der Waals surface area contributed by atoms with E-state index in [2.05, 4.69) is 34.6 Å². The van der Waals surface area contributed by atoms with E-state index in [0.29, 0.717) is 19.3 Å². The van der Waals surface area contributed by atoms with E-state index in [1.165, 1.54) is 218 Å². The first-order valence-electron chi connectivity index (χ1n) is 29.2. The molecule has 0 aromatic carbocycles. The third-order valence-electron chi connectivity index (χ3n) is 13.5. The maximum absolute atomic E-state index is 12.8. The highest BCUT2D eigenvalue weighted by Crippen LogP contribution is 2.18. The topological polar surface area (TPSA) is 78.9 Å². The van der Waals surface area contributed by atoms with Crippen molar-refractivity contribution >= 4 is 17.9 Å². The fourth-order valence-corrected chi connectivity index (χ4v) is 9.05. The zero-order chi connectivity index (χ0) is 47.5. The normalized spacial score (nSPS) is 12.0. The van der Waals surface area contributed by atoms with Crippen LogP contribution in [0.3, 0.4) is 0 Å². The highest BCUT2D eigenvalue weighted by molar-refractivity contribution is 5.71. The first kappa shape index (κ1) is 63.4. The number of hydrogen-bond donors (Lipinski definition) is 0. The van der Waals surface area contributed by atoms with E-state index in [1.807, 2.05) is 0 Å². The molecule has 0 aromatic rings. The van der Waals surface area contributed by atoms with Crippen LogP contribution in [0.2, 0.25) is 0 Å². The fourth-order valence-electron chi connectivity index (χ4n) is 9.05. The van der Waals surface area contributed by atoms with Gasteiger partial charge < -0.3 is 14.2 Å². The number of esters is 3. The minimum atomic E-state index is -0.762. The Morgan fingerprint density at radius 2 is 0.508 bits per heavy atom. The Morgan fingerprint density at radius 1 is 0.292 bits per heavy atom. The second-order valence-electron chi connectivity index (χ2n) is 21.2. The van der Waals surface area contributed by atoms with Gasteiger partial charge in [0.15, 0.2) is 6.10 Å². The Hall–Kier alpha value is -1.59. The largest absolute Gasteiger partial charge is 0.462 e. The fraction of sp³-hybridized carbons (Fsp3) is 0.949. The molecule has 0 radical (unpaired) electrons. The highest BCUT2D eigenvalue weighted by Gasteiger charge is 2.19. The Labute approximate surface area is 406 Å².